The molecule has 0 saturated carbocycles. The van der Waals surface area contributed by atoms with E-state index >= 15 is 0 Å². The minimum absolute atomic E-state index is 0.115. The van der Waals surface area contributed by atoms with Crippen LogP contribution in [0.25, 0.3) is 10.8 Å². The van der Waals surface area contributed by atoms with E-state index in [1.54, 1.807) is 12.1 Å². The summed E-state index contributed by atoms with van der Waals surface area (Å²) in [4.78, 5) is 29.4. The Balaban J connectivity index is 1.79. The van der Waals surface area contributed by atoms with E-state index in [2.05, 4.69) is 22.1 Å². The Morgan fingerprint density at radius 2 is 2.14 bits per heavy atom. The van der Waals surface area contributed by atoms with Gasteiger partial charge in [0.05, 0.1) is 5.56 Å². The quantitative estimate of drug-likeness (QED) is 0.904. The third-order valence-electron chi connectivity index (χ3n) is 4.20. The van der Waals surface area contributed by atoms with E-state index in [-0.39, 0.29) is 17.5 Å². The molecule has 1 aliphatic heterocycles. The highest BCUT2D eigenvalue weighted by atomic mass is 16.2. The number of nitrogens with one attached hydrogen (secondary N) is 2. The maximum absolute atomic E-state index is 12.5. The van der Waals surface area contributed by atoms with Gasteiger partial charge in [-0.25, -0.2) is 0 Å². The second-order valence-corrected chi connectivity index (χ2v) is 5.84. The van der Waals surface area contributed by atoms with Crippen LogP contribution >= 0.6 is 0 Å². The number of rotatable bonds is 4. The molecular weight excluding hydrogens is 278 g/mol. The van der Waals surface area contributed by atoms with Crippen molar-refractivity contribution in [2.24, 2.45) is 0 Å². The summed E-state index contributed by atoms with van der Waals surface area (Å²) < 4.78 is 0. The van der Waals surface area contributed by atoms with Gasteiger partial charge in [0.1, 0.15) is 0 Å². The smallest absolute Gasteiger partial charge is 0.255 e. The molecule has 1 amide bonds. The molecule has 5 heteroatoms. The van der Waals surface area contributed by atoms with E-state index in [1.807, 2.05) is 12.1 Å². The van der Waals surface area contributed by atoms with Crippen molar-refractivity contribution in [3.05, 3.63) is 46.4 Å². The molecule has 0 unspecified atom stereocenters. The lowest BCUT2D eigenvalue weighted by atomic mass is 10.1. The number of likely N-dealkylation sites (tertiary alicyclic amines) is 1. The standard InChI is InChI=1S/C17H21N3O2/c1-2-8-20-9-7-12(11-20)19-17(22)15-10-18-16(21)14-6-4-3-5-13(14)15/h3-6,10,12H,2,7-9,11H2,1H3,(H,18,21)(H,19,22)/t12-/m1/s1. The fraction of sp³-hybridized carbons (Fsp3) is 0.412. The van der Waals surface area contributed by atoms with Crippen LogP contribution in [0.2, 0.25) is 0 Å². The van der Waals surface area contributed by atoms with Gasteiger partial charge in [-0.3, -0.25) is 9.59 Å². The normalized spacial score (nSPS) is 18.7. The van der Waals surface area contributed by atoms with Crippen LogP contribution in [0.5, 0.6) is 0 Å². The van der Waals surface area contributed by atoms with Gasteiger partial charge in [-0.1, -0.05) is 25.1 Å². The molecule has 3 rings (SSSR count). The van der Waals surface area contributed by atoms with Gasteiger partial charge in [-0.05, 0) is 25.5 Å². The summed E-state index contributed by atoms with van der Waals surface area (Å²) in [6.45, 7) is 5.18. The van der Waals surface area contributed by atoms with Gasteiger partial charge in [0, 0.05) is 36.1 Å². The topological polar surface area (TPSA) is 65.2 Å². The molecule has 22 heavy (non-hydrogen) atoms. The zero-order valence-electron chi connectivity index (χ0n) is 12.8. The van der Waals surface area contributed by atoms with Crippen molar-refractivity contribution < 1.29 is 4.79 Å². The lowest BCUT2D eigenvalue weighted by molar-refractivity contribution is 0.0939. The van der Waals surface area contributed by atoms with Crippen LogP contribution in [0.3, 0.4) is 0 Å². The zero-order valence-corrected chi connectivity index (χ0v) is 12.8. The zero-order chi connectivity index (χ0) is 15.5. The molecule has 1 aromatic heterocycles. The van der Waals surface area contributed by atoms with Gasteiger partial charge < -0.3 is 15.2 Å². The summed E-state index contributed by atoms with van der Waals surface area (Å²) in [7, 11) is 0. The van der Waals surface area contributed by atoms with E-state index in [4.69, 9.17) is 0 Å². The Hall–Kier alpha value is -2.14. The lowest BCUT2D eigenvalue weighted by Gasteiger charge is -2.16. The number of hydrogen-bond donors (Lipinski definition) is 2. The number of hydrogen-bond acceptors (Lipinski definition) is 3. The Morgan fingerprint density at radius 3 is 2.91 bits per heavy atom. The van der Waals surface area contributed by atoms with Gasteiger partial charge in [0.2, 0.25) is 0 Å². The maximum atomic E-state index is 12.5. The molecule has 116 valence electrons. The van der Waals surface area contributed by atoms with E-state index < -0.39 is 0 Å². The fourth-order valence-corrected chi connectivity index (χ4v) is 3.13. The molecule has 2 N–H and O–H groups in total. The molecule has 0 bridgehead atoms. The highest BCUT2D eigenvalue weighted by Crippen LogP contribution is 2.15. The van der Waals surface area contributed by atoms with Gasteiger partial charge in [0.25, 0.3) is 11.5 Å². The average Bonchev–Trinajstić information content (AvgIpc) is 2.95. The number of H-pyrrole nitrogens is 1. The van der Waals surface area contributed by atoms with Gasteiger partial charge >= 0.3 is 0 Å². The second-order valence-electron chi connectivity index (χ2n) is 5.84. The minimum atomic E-state index is -0.165. The number of fused-ring (bicyclic) bond motifs is 1. The first kappa shape index (κ1) is 14.8. The van der Waals surface area contributed by atoms with Crippen LogP contribution in [0, 0.1) is 0 Å². The summed E-state index contributed by atoms with van der Waals surface area (Å²) in [5, 5.41) is 4.34. The Bertz CT molecular complexity index is 738. The summed E-state index contributed by atoms with van der Waals surface area (Å²) >= 11 is 0. The van der Waals surface area contributed by atoms with Crippen molar-refractivity contribution in [2.75, 3.05) is 19.6 Å². The van der Waals surface area contributed by atoms with Crippen molar-refractivity contribution in [3.63, 3.8) is 0 Å². The largest absolute Gasteiger partial charge is 0.348 e. The van der Waals surface area contributed by atoms with E-state index in [0.717, 1.165) is 32.5 Å². The highest BCUT2D eigenvalue weighted by Gasteiger charge is 2.24. The van der Waals surface area contributed by atoms with Gasteiger partial charge in [-0.2, -0.15) is 0 Å². The molecule has 0 spiro atoms. The van der Waals surface area contributed by atoms with Crippen molar-refractivity contribution >= 4 is 16.7 Å². The van der Waals surface area contributed by atoms with Crippen LogP contribution in [-0.4, -0.2) is 41.5 Å². The first-order valence-corrected chi connectivity index (χ1v) is 7.82. The minimum Gasteiger partial charge on any atom is -0.348 e. The fourth-order valence-electron chi connectivity index (χ4n) is 3.13. The van der Waals surface area contributed by atoms with Gasteiger partial charge in [-0.15, -0.1) is 0 Å². The van der Waals surface area contributed by atoms with Crippen molar-refractivity contribution in [1.29, 1.82) is 0 Å². The molecule has 0 aliphatic carbocycles. The van der Waals surface area contributed by atoms with Gasteiger partial charge in [0.15, 0.2) is 0 Å². The molecule has 5 nitrogen and oxygen atoms in total. The summed E-state index contributed by atoms with van der Waals surface area (Å²) in [5.74, 6) is -0.115. The number of carbonyl (C=O) groups is 1. The third-order valence-corrected chi connectivity index (χ3v) is 4.20. The first-order valence-electron chi connectivity index (χ1n) is 7.82. The molecule has 1 atom stereocenters. The van der Waals surface area contributed by atoms with Crippen molar-refractivity contribution in [1.82, 2.24) is 15.2 Å². The second kappa shape index (κ2) is 6.32. The predicted molar refractivity (Wildman–Crippen MR) is 87.2 cm³/mol. The van der Waals surface area contributed by atoms with Crippen LogP contribution in [0.15, 0.2) is 35.3 Å². The summed E-state index contributed by atoms with van der Waals surface area (Å²) in [5.41, 5.74) is 0.367. The van der Waals surface area contributed by atoms with Crippen LogP contribution in [-0.2, 0) is 0 Å². The summed E-state index contributed by atoms with van der Waals surface area (Å²) in [6, 6.07) is 7.39. The highest BCUT2D eigenvalue weighted by molar-refractivity contribution is 6.06. The third kappa shape index (κ3) is 2.90. The van der Waals surface area contributed by atoms with Crippen molar-refractivity contribution in [3.8, 4) is 0 Å². The number of aromatic amines is 1. The molecular formula is C17H21N3O2. The number of nitrogens with zero attached hydrogens (tertiary/aromatic N) is 1. The SMILES string of the molecule is CCCN1CC[C@@H](NC(=O)c2c[nH]c(=O)c3ccccc23)C1. The Kier molecular flexibility index (Phi) is 4.24. The van der Waals surface area contributed by atoms with Crippen LogP contribution in [0.1, 0.15) is 30.1 Å². The molecule has 1 aromatic carbocycles. The van der Waals surface area contributed by atoms with Crippen LogP contribution < -0.4 is 10.9 Å². The molecule has 0 radical (unpaired) electrons. The van der Waals surface area contributed by atoms with E-state index in [0.29, 0.717) is 16.3 Å². The van der Waals surface area contributed by atoms with Crippen molar-refractivity contribution in [2.45, 2.75) is 25.8 Å². The number of pyridine rings is 1. The molecule has 1 fully saturated rings. The molecule has 1 saturated heterocycles. The first-order chi connectivity index (χ1) is 10.7. The molecule has 2 aromatic rings. The number of carbonyl (C=O) groups excluding carboxylic acids is 1. The Morgan fingerprint density at radius 1 is 1.36 bits per heavy atom. The maximum Gasteiger partial charge on any atom is 0.255 e. The summed E-state index contributed by atoms with van der Waals surface area (Å²) in [6.07, 6.45) is 3.62. The number of amides is 1. The monoisotopic (exact) mass is 299 g/mol. The van der Waals surface area contributed by atoms with E-state index in [1.165, 1.54) is 6.20 Å². The van der Waals surface area contributed by atoms with E-state index in [9.17, 15) is 9.59 Å². The average molecular weight is 299 g/mol. The Labute approximate surface area is 129 Å². The van der Waals surface area contributed by atoms with Crippen LogP contribution in [0.4, 0.5) is 0 Å². The number of benzene rings is 1. The number of aromatic nitrogens is 1. The molecule has 2 heterocycles. The molecule has 1 aliphatic rings. The lowest BCUT2D eigenvalue weighted by Crippen LogP contribution is -2.37. The predicted octanol–water partition coefficient (Wildman–Crippen LogP) is 1.74.